The minimum absolute atomic E-state index is 0.456. The van der Waals surface area contributed by atoms with Crippen LogP contribution in [0, 0.1) is 0 Å². The zero-order valence-corrected chi connectivity index (χ0v) is 8.80. The van der Waals surface area contributed by atoms with Crippen molar-refractivity contribution in [3.05, 3.63) is 0 Å². The average Bonchev–Trinajstić information content (AvgIpc) is 2.69. The second-order valence-electron chi connectivity index (χ2n) is 4.96. The number of rotatable bonds is 0. The fourth-order valence-corrected chi connectivity index (χ4v) is 3.46. The van der Waals surface area contributed by atoms with Crippen molar-refractivity contribution in [3.63, 3.8) is 0 Å². The maximum atomic E-state index is 5.49. The molecule has 3 heterocycles. The summed E-state index contributed by atoms with van der Waals surface area (Å²) in [7, 11) is 0. The largest absolute Gasteiger partial charge is 0.381 e. The van der Waals surface area contributed by atoms with Gasteiger partial charge in [-0.2, -0.15) is 0 Å². The van der Waals surface area contributed by atoms with Gasteiger partial charge < -0.3 is 10.1 Å². The van der Waals surface area contributed by atoms with Crippen LogP contribution in [0.2, 0.25) is 0 Å². The molecule has 3 saturated heterocycles. The SMILES string of the molecule is C1C[C@H]2CNCC3(CCOCC3)N2C1. The molecule has 80 valence electrons. The van der Waals surface area contributed by atoms with Crippen molar-refractivity contribution < 1.29 is 4.74 Å². The van der Waals surface area contributed by atoms with E-state index in [9.17, 15) is 0 Å². The molecule has 0 aromatic carbocycles. The molecular weight excluding hydrogens is 176 g/mol. The highest BCUT2D eigenvalue weighted by Crippen LogP contribution is 2.35. The Kier molecular flexibility index (Phi) is 2.26. The van der Waals surface area contributed by atoms with Crippen molar-refractivity contribution in [3.8, 4) is 0 Å². The predicted octanol–water partition coefficient (Wildman–Crippen LogP) is 0.603. The van der Waals surface area contributed by atoms with Crippen molar-refractivity contribution in [2.24, 2.45) is 0 Å². The maximum absolute atomic E-state index is 5.49. The van der Waals surface area contributed by atoms with Crippen LogP contribution < -0.4 is 5.32 Å². The third-order valence-corrected chi connectivity index (χ3v) is 4.24. The Morgan fingerprint density at radius 1 is 1.29 bits per heavy atom. The van der Waals surface area contributed by atoms with Crippen LogP contribution in [-0.2, 0) is 4.74 Å². The van der Waals surface area contributed by atoms with E-state index >= 15 is 0 Å². The molecule has 3 rings (SSSR count). The first-order valence-electron chi connectivity index (χ1n) is 5.96. The minimum Gasteiger partial charge on any atom is -0.381 e. The lowest BCUT2D eigenvalue weighted by Gasteiger charge is -2.51. The molecule has 1 atom stereocenters. The molecule has 0 aliphatic carbocycles. The van der Waals surface area contributed by atoms with Gasteiger partial charge in [0.15, 0.2) is 0 Å². The van der Waals surface area contributed by atoms with Gasteiger partial charge >= 0.3 is 0 Å². The first-order valence-corrected chi connectivity index (χ1v) is 5.96. The summed E-state index contributed by atoms with van der Waals surface area (Å²) >= 11 is 0. The van der Waals surface area contributed by atoms with E-state index in [-0.39, 0.29) is 0 Å². The van der Waals surface area contributed by atoms with Crippen LogP contribution in [-0.4, -0.2) is 49.3 Å². The summed E-state index contributed by atoms with van der Waals surface area (Å²) in [6.07, 6.45) is 5.26. The van der Waals surface area contributed by atoms with Gasteiger partial charge in [-0.25, -0.2) is 0 Å². The second-order valence-corrected chi connectivity index (χ2v) is 4.96. The fourth-order valence-electron chi connectivity index (χ4n) is 3.46. The molecule has 0 saturated carbocycles. The summed E-state index contributed by atoms with van der Waals surface area (Å²) < 4.78 is 5.49. The number of hydrogen-bond acceptors (Lipinski definition) is 3. The Morgan fingerprint density at radius 3 is 3.00 bits per heavy atom. The molecule has 3 fully saturated rings. The summed E-state index contributed by atoms with van der Waals surface area (Å²) in [6, 6.07) is 0.821. The van der Waals surface area contributed by atoms with Crippen LogP contribution >= 0.6 is 0 Å². The van der Waals surface area contributed by atoms with Crippen LogP contribution in [0.1, 0.15) is 25.7 Å². The van der Waals surface area contributed by atoms with E-state index < -0.39 is 0 Å². The van der Waals surface area contributed by atoms with E-state index in [1.165, 1.54) is 45.3 Å². The molecule has 3 aliphatic rings. The van der Waals surface area contributed by atoms with E-state index in [4.69, 9.17) is 4.74 Å². The van der Waals surface area contributed by atoms with E-state index in [2.05, 4.69) is 10.2 Å². The van der Waals surface area contributed by atoms with Crippen molar-refractivity contribution in [2.45, 2.75) is 37.3 Å². The number of nitrogens with one attached hydrogen (secondary N) is 1. The lowest BCUT2D eigenvalue weighted by Crippen LogP contribution is -2.65. The average molecular weight is 196 g/mol. The van der Waals surface area contributed by atoms with E-state index in [0.717, 1.165) is 19.3 Å². The summed E-state index contributed by atoms with van der Waals surface area (Å²) in [4.78, 5) is 2.78. The smallest absolute Gasteiger partial charge is 0.0484 e. The Bertz CT molecular complexity index is 208. The van der Waals surface area contributed by atoms with Gasteiger partial charge in [-0.15, -0.1) is 0 Å². The van der Waals surface area contributed by atoms with Gasteiger partial charge in [0.2, 0.25) is 0 Å². The van der Waals surface area contributed by atoms with E-state index in [1.54, 1.807) is 0 Å². The first-order chi connectivity index (χ1) is 6.91. The molecule has 1 spiro atoms. The van der Waals surface area contributed by atoms with Gasteiger partial charge in [0.25, 0.3) is 0 Å². The number of ether oxygens (including phenoxy) is 1. The van der Waals surface area contributed by atoms with Crippen LogP contribution in [0.4, 0.5) is 0 Å². The molecule has 14 heavy (non-hydrogen) atoms. The number of fused-ring (bicyclic) bond motifs is 2. The van der Waals surface area contributed by atoms with Crippen LogP contribution in [0.3, 0.4) is 0 Å². The van der Waals surface area contributed by atoms with Gasteiger partial charge in [0.05, 0.1) is 0 Å². The minimum atomic E-state index is 0.456. The van der Waals surface area contributed by atoms with Gasteiger partial charge in [-0.3, -0.25) is 4.90 Å². The quantitative estimate of drug-likeness (QED) is 0.614. The highest BCUT2D eigenvalue weighted by Gasteiger charge is 2.45. The molecule has 0 radical (unpaired) electrons. The third kappa shape index (κ3) is 1.30. The molecule has 0 aromatic rings. The highest BCUT2D eigenvalue weighted by molar-refractivity contribution is 5.03. The third-order valence-electron chi connectivity index (χ3n) is 4.24. The van der Waals surface area contributed by atoms with Crippen molar-refractivity contribution in [2.75, 3.05) is 32.8 Å². The predicted molar refractivity (Wildman–Crippen MR) is 55.4 cm³/mol. The summed E-state index contributed by atoms with van der Waals surface area (Å²) in [5.74, 6) is 0. The maximum Gasteiger partial charge on any atom is 0.0484 e. The van der Waals surface area contributed by atoms with E-state index in [1.807, 2.05) is 0 Å². The topological polar surface area (TPSA) is 24.5 Å². The van der Waals surface area contributed by atoms with Gasteiger partial charge in [0, 0.05) is 37.9 Å². The highest BCUT2D eigenvalue weighted by atomic mass is 16.5. The second kappa shape index (κ2) is 3.47. The Labute approximate surface area is 85.8 Å². The zero-order valence-electron chi connectivity index (χ0n) is 8.80. The van der Waals surface area contributed by atoms with Gasteiger partial charge in [0.1, 0.15) is 0 Å². The lowest BCUT2D eigenvalue weighted by atomic mass is 9.85. The normalized spacial score (nSPS) is 37.3. The molecule has 0 bridgehead atoms. The molecule has 1 N–H and O–H groups in total. The van der Waals surface area contributed by atoms with Crippen LogP contribution in [0.25, 0.3) is 0 Å². The number of hydrogen-bond donors (Lipinski definition) is 1. The summed E-state index contributed by atoms with van der Waals surface area (Å²) in [5.41, 5.74) is 0.456. The Morgan fingerprint density at radius 2 is 2.14 bits per heavy atom. The van der Waals surface area contributed by atoms with E-state index in [0.29, 0.717) is 5.54 Å². The number of nitrogens with zero attached hydrogens (tertiary/aromatic N) is 1. The molecule has 3 heteroatoms. The van der Waals surface area contributed by atoms with Crippen LogP contribution in [0.15, 0.2) is 0 Å². The van der Waals surface area contributed by atoms with Crippen molar-refractivity contribution in [1.82, 2.24) is 10.2 Å². The van der Waals surface area contributed by atoms with Crippen LogP contribution in [0.5, 0.6) is 0 Å². The Hall–Kier alpha value is -0.120. The monoisotopic (exact) mass is 196 g/mol. The standard InChI is InChI=1S/C11H20N2O/c1-2-10-8-12-9-11(13(10)5-1)3-6-14-7-4-11/h10,12H,1-9H2/t10-/m0/s1. The van der Waals surface area contributed by atoms with Crippen molar-refractivity contribution in [1.29, 1.82) is 0 Å². The molecular formula is C11H20N2O. The summed E-state index contributed by atoms with van der Waals surface area (Å²) in [6.45, 7) is 5.65. The zero-order chi connectivity index (χ0) is 9.43. The fraction of sp³-hybridized carbons (Fsp3) is 1.00. The Balaban J connectivity index is 1.81. The number of piperazine rings is 1. The molecule has 0 aromatic heterocycles. The summed E-state index contributed by atoms with van der Waals surface area (Å²) in [5, 5.41) is 3.62. The van der Waals surface area contributed by atoms with Gasteiger partial charge in [-0.1, -0.05) is 0 Å². The molecule has 3 aliphatic heterocycles. The van der Waals surface area contributed by atoms with Crippen molar-refractivity contribution >= 4 is 0 Å². The molecule has 0 amide bonds. The molecule has 3 nitrogen and oxygen atoms in total. The first kappa shape index (κ1) is 9.13. The van der Waals surface area contributed by atoms with Gasteiger partial charge in [-0.05, 0) is 32.2 Å². The molecule has 0 unspecified atom stereocenters. The lowest BCUT2D eigenvalue weighted by molar-refractivity contribution is -0.0486.